The molecule has 1 aromatic rings. The molecule has 0 amide bonds. The highest BCUT2D eigenvalue weighted by Crippen LogP contribution is 2.43. The highest BCUT2D eigenvalue weighted by molar-refractivity contribution is 7.91. The Labute approximate surface area is 118 Å². The Morgan fingerprint density at radius 1 is 1.42 bits per heavy atom. The number of nitrogen functional groups attached to an aromatic ring is 1. The van der Waals surface area contributed by atoms with Crippen molar-refractivity contribution in [2.75, 3.05) is 30.0 Å². The van der Waals surface area contributed by atoms with Crippen molar-refractivity contribution in [3.05, 3.63) is 0 Å². The van der Waals surface area contributed by atoms with Crippen molar-refractivity contribution in [2.45, 2.75) is 38.0 Å². The normalized spacial score (nSPS) is 19.0. The maximum absolute atomic E-state index is 11.9. The predicted molar refractivity (Wildman–Crippen MR) is 79.5 cm³/mol. The second-order valence-corrected chi connectivity index (χ2v) is 8.06. The van der Waals surface area contributed by atoms with E-state index in [2.05, 4.69) is 23.1 Å². The fourth-order valence-electron chi connectivity index (χ4n) is 2.77. The predicted octanol–water partition coefficient (Wildman–Crippen LogP) is 2.15. The van der Waals surface area contributed by atoms with Crippen molar-refractivity contribution < 1.29 is 8.42 Å². The molecular formula is C12H21N3O2S2. The molecule has 7 heteroatoms. The third-order valence-corrected chi connectivity index (χ3v) is 6.45. The van der Waals surface area contributed by atoms with E-state index in [9.17, 15) is 8.42 Å². The lowest BCUT2D eigenvalue weighted by Gasteiger charge is -2.26. The Morgan fingerprint density at radius 3 is 2.53 bits per heavy atom. The number of nitrogens with two attached hydrogens (primary N) is 1. The molecule has 19 heavy (non-hydrogen) atoms. The minimum absolute atomic E-state index is 0.132. The van der Waals surface area contributed by atoms with Crippen LogP contribution in [0.15, 0.2) is 4.90 Å². The largest absolute Gasteiger partial charge is 0.382 e. The zero-order valence-electron chi connectivity index (χ0n) is 11.6. The van der Waals surface area contributed by atoms with Gasteiger partial charge >= 0.3 is 0 Å². The molecule has 1 saturated heterocycles. The van der Waals surface area contributed by atoms with Gasteiger partial charge in [-0.05, 0) is 36.2 Å². The van der Waals surface area contributed by atoms with Gasteiger partial charge in [-0.2, -0.15) is 4.37 Å². The van der Waals surface area contributed by atoms with Crippen LogP contribution < -0.4 is 10.6 Å². The van der Waals surface area contributed by atoms with Gasteiger partial charge in [0, 0.05) is 19.3 Å². The summed E-state index contributed by atoms with van der Waals surface area (Å²) in [5, 5.41) is 0.712. The standard InChI is InChI=1S/C12H21N3O2S2/c1-4-12(5-2)6-7-15(8-12)11-9(19(3,16)17)10(13)14-18-11/h4-8H2,1-3H3,(H2,13,14). The topological polar surface area (TPSA) is 76.3 Å². The highest BCUT2D eigenvalue weighted by atomic mass is 32.2. The van der Waals surface area contributed by atoms with Crippen LogP contribution in [-0.2, 0) is 9.84 Å². The van der Waals surface area contributed by atoms with Crippen LogP contribution in [-0.4, -0.2) is 32.1 Å². The second-order valence-electron chi connectivity index (χ2n) is 5.35. The van der Waals surface area contributed by atoms with Gasteiger partial charge in [-0.1, -0.05) is 13.8 Å². The minimum Gasteiger partial charge on any atom is -0.382 e. The maximum atomic E-state index is 11.9. The molecule has 2 rings (SSSR count). The van der Waals surface area contributed by atoms with Gasteiger partial charge in [-0.15, -0.1) is 0 Å². The molecule has 5 nitrogen and oxygen atoms in total. The molecule has 0 bridgehead atoms. The summed E-state index contributed by atoms with van der Waals surface area (Å²) in [6.07, 6.45) is 4.52. The molecule has 1 aliphatic heterocycles. The summed E-state index contributed by atoms with van der Waals surface area (Å²) >= 11 is 1.19. The molecule has 0 saturated carbocycles. The summed E-state index contributed by atoms with van der Waals surface area (Å²) in [4.78, 5) is 2.35. The lowest BCUT2D eigenvalue weighted by Crippen LogP contribution is -2.26. The number of anilines is 2. The number of aromatic nitrogens is 1. The summed E-state index contributed by atoms with van der Waals surface area (Å²) in [6.45, 7) is 6.17. The molecule has 108 valence electrons. The molecule has 2 N–H and O–H groups in total. The summed E-state index contributed by atoms with van der Waals surface area (Å²) in [5.74, 6) is 0.132. The van der Waals surface area contributed by atoms with Gasteiger partial charge in [0.1, 0.15) is 9.90 Å². The lowest BCUT2D eigenvalue weighted by atomic mass is 9.82. The van der Waals surface area contributed by atoms with E-state index in [4.69, 9.17) is 5.73 Å². The van der Waals surface area contributed by atoms with Crippen molar-refractivity contribution in [2.24, 2.45) is 5.41 Å². The third kappa shape index (κ3) is 2.58. The van der Waals surface area contributed by atoms with Crippen LogP contribution in [0, 0.1) is 5.41 Å². The van der Waals surface area contributed by atoms with Gasteiger partial charge in [0.15, 0.2) is 15.7 Å². The first kappa shape index (κ1) is 14.6. The van der Waals surface area contributed by atoms with E-state index >= 15 is 0 Å². The SMILES string of the molecule is CCC1(CC)CCN(c2snc(N)c2S(C)(=O)=O)C1. The zero-order valence-corrected chi connectivity index (χ0v) is 13.3. The first-order valence-electron chi connectivity index (χ1n) is 6.53. The van der Waals surface area contributed by atoms with Gasteiger partial charge in [0.2, 0.25) is 0 Å². The van der Waals surface area contributed by atoms with Crippen molar-refractivity contribution in [3.63, 3.8) is 0 Å². The smallest absolute Gasteiger partial charge is 0.182 e. The summed E-state index contributed by atoms with van der Waals surface area (Å²) < 4.78 is 27.7. The Hall–Kier alpha value is -0.820. The zero-order chi connectivity index (χ0) is 14.3. The molecule has 0 radical (unpaired) electrons. The van der Waals surface area contributed by atoms with E-state index in [0.29, 0.717) is 10.4 Å². The second kappa shape index (κ2) is 4.94. The van der Waals surface area contributed by atoms with Crippen LogP contribution in [0.2, 0.25) is 0 Å². The van der Waals surface area contributed by atoms with Crippen LogP contribution in [0.25, 0.3) is 0 Å². The molecule has 1 aromatic heterocycles. The summed E-state index contributed by atoms with van der Waals surface area (Å²) in [6, 6.07) is 0. The number of nitrogens with zero attached hydrogens (tertiary/aromatic N) is 2. The van der Waals surface area contributed by atoms with Gasteiger partial charge in [-0.3, -0.25) is 0 Å². The molecule has 1 aliphatic rings. The van der Waals surface area contributed by atoms with E-state index in [1.165, 1.54) is 17.8 Å². The van der Waals surface area contributed by atoms with Gasteiger partial charge in [-0.25, -0.2) is 8.42 Å². The van der Waals surface area contributed by atoms with Crippen molar-refractivity contribution in [3.8, 4) is 0 Å². The van der Waals surface area contributed by atoms with Crippen molar-refractivity contribution in [1.29, 1.82) is 0 Å². The molecule has 0 atom stereocenters. The molecule has 0 unspecified atom stereocenters. The van der Waals surface area contributed by atoms with Crippen LogP contribution in [0.3, 0.4) is 0 Å². The lowest BCUT2D eigenvalue weighted by molar-refractivity contribution is 0.301. The van der Waals surface area contributed by atoms with E-state index < -0.39 is 9.84 Å². The average molecular weight is 303 g/mol. The minimum atomic E-state index is -3.33. The van der Waals surface area contributed by atoms with Gasteiger partial charge in [0.05, 0.1) is 0 Å². The van der Waals surface area contributed by atoms with E-state index in [1.807, 2.05) is 0 Å². The molecule has 2 heterocycles. The first-order valence-corrected chi connectivity index (χ1v) is 9.19. The highest BCUT2D eigenvalue weighted by Gasteiger charge is 2.37. The number of rotatable bonds is 4. The quantitative estimate of drug-likeness (QED) is 0.922. The number of hydrogen-bond donors (Lipinski definition) is 1. The van der Waals surface area contributed by atoms with E-state index in [0.717, 1.165) is 32.4 Å². The van der Waals surface area contributed by atoms with Gasteiger partial charge < -0.3 is 10.6 Å². The van der Waals surface area contributed by atoms with Crippen molar-refractivity contribution in [1.82, 2.24) is 4.37 Å². The fourth-order valence-corrected chi connectivity index (χ4v) is 5.00. The number of hydrogen-bond acceptors (Lipinski definition) is 6. The Bertz CT molecular complexity index is 562. The Balaban J connectivity index is 2.36. The molecule has 0 aliphatic carbocycles. The van der Waals surface area contributed by atoms with Crippen molar-refractivity contribution >= 4 is 32.2 Å². The van der Waals surface area contributed by atoms with E-state index in [1.54, 1.807) is 0 Å². The molecular weight excluding hydrogens is 282 g/mol. The fraction of sp³-hybridized carbons (Fsp3) is 0.750. The third-order valence-electron chi connectivity index (χ3n) is 4.25. The Morgan fingerprint density at radius 2 is 2.05 bits per heavy atom. The summed E-state index contributed by atoms with van der Waals surface area (Å²) in [5.41, 5.74) is 6.02. The van der Waals surface area contributed by atoms with Crippen LogP contribution in [0.4, 0.5) is 10.8 Å². The molecule has 0 aromatic carbocycles. The van der Waals surface area contributed by atoms with Crippen LogP contribution in [0.5, 0.6) is 0 Å². The number of sulfone groups is 1. The summed E-state index contributed by atoms with van der Waals surface area (Å²) in [7, 11) is -3.33. The maximum Gasteiger partial charge on any atom is 0.182 e. The Kier molecular flexibility index (Phi) is 3.79. The molecule has 0 spiro atoms. The van der Waals surface area contributed by atoms with E-state index in [-0.39, 0.29) is 10.7 Å². The van der Waals surface area contributed by atoms with Crippen LogP contribution >= 0.6 is 11.5 Å². The molecule has 1 fully saturated rings. The van der Waals surface area contributed by atoms with Crippen LogP contribution in [0.1, 0.15) is 33.1 Å². The average Bonchev–Trinajstić information content (AvgIpc) is 2.92. The first-order chi connectivity index (χ1) is 8.83. The van der Waals surface area contributed by atoms with Gasteiger partial charge in [0.25, 0.3) is 0 Å². The monoisotopic (exact) mass is 303 g/mol.